The first kappa shape index (κ1) is 20.3. The predicted octanol–water partition coefficient (Wildman–Crippen LogP) is 4.91. The Morgan fingerprint density at radius 2 is 1.65 bits per heavy atom. The first-order valence-corrected chi connectivity index (χ1v) is 8.47. The van der Waals surface area contributed by atoms with Gasteiger partial charge in [-0.3, -0.25) is 9.80 Å². The van der Waals surface area contributed by atoms with E-state index in [4.69, 9.17) is 11.6 Å². The summed E-state index contributed by atoms with van der Waals surface area (Å²) in [5.41, 5.74) is -0.169. The number of benzene rings is 2. The van der Waals surface area contributed by atoms with Crippen molar-refractivity contribution in [2.45, 2.75) is 19.0 Å². The molecule has 7 heteroatoms. The lowest BCUT2D eigenvalue weighted by Crippen LogP contribution is -2.42. The summed E-state index contributed by atoms with van der Waals surface area (Å²) in [7, 11) is 3.15. The molecule has 0 radical (unpaired) electrons. The van der Waals surface area contributed by atoms with Gasteiger partial charge in [-0.2, -0.15) is 13.2 Å². The molecule has 0 bridgehead atoms. The highest BCUT2D eigenvalue weighted by molar-refractivity contribution is 6.30. The first-order valence-electron chi connectivity index (χ1n) is 8.10. The summed E-state index contributed by atoms with van der Waals surface area (Å²) in [5, 5.41) is 3.50. The van der Waals surface area contributed by atoms with Crippen LogP contribution >= 0.6 is 11.6 Å². The molecule has 26 heavy (non-hydrogen) atoms. The van der Waals surface area contributed by atoms with Crippen molar-refractivity contribution in [3.8, 4) is 0 Å². The molecule has 0 atom stereocenters. The molecule has 0 aliphatic rings. The van der Waals surface area contributed by atoms with E-state index in [0.717, 1.165) is 24.5 Å². The highest BCUT2D eigenvalue weighted by atomic mass is 35.5. The fourth-order valence-corrected chi connectivity index (χ4v) is 2.69. The maximum Gasteiger partial charge on any atom is 0.417 e. The summed E-state index contributed by atoms with van der Waals surface area (Å²) in [6, 6.07) is 12.3. The van der Waals surface area contributed by atoms with Gasteiger partial charge >= 0.3 is 6.18 Å². The van der Waals surface area contributed by atoms with Gasteiger partial charge in [0.1, 0.15) is 0 Å². The number of rotatable bonds is 6. The number of carbonyl (C=O) groups is 1. The van der Waals surface area contributed by atoms with Gasteiger partial charge in [-0.05, 0) is 42.7 Å². The van der Waals surface area contributed by atoms with E-state index in [1.54, 1.807) is 12.1 Å². The van der Waals surface area contributed by atoms with Crippen LogP contribution < -0.4 is 0 Å². The van der Waals surface area contributed by atoms with E-state index in [9.17, 15) is 18.0 Å². The number of aryl methyl sites for hydroxylation is 1. The molecule has 0 aliphatic carbocycles. The van der Waals surface area contributed by atoms with Gasteiger partial charge < -0.3 is 0 Å². The Labute approximate surface area is 155 Å². The molecule has 1 amide bonds. The lowest BCUT2D eigenvalue weighted by Gasteiger charge is -2.29. The van der Waals surface area contributed by atoms with Crippen LogP contribution in [-0.2, 0) is 12.6 Å². The molecule has 0 spiro atoms. The van der Waals surface area contributed by atoms with E-state index in [2.05, 4.69) is 0 Å². The smallest absolute Gasteiger partial charge is 0.275 e. The number of nitrogens with zero attached hydrogens (tertiary/aromatic N) is 2. The Hall–Kier alpha value is -2.05. The summed E-state index contributed by atoms with van der Waals surface area (Å²) in [4.78, 5) is 12.5. The number of amides is 1. The van der Waals surface area contributed by atoms with Crippen LogP contribution in [-0.4, -0.2) is 36.6 Å². The zero-order valence-electron chi connectivity index (χ0n) is 14.6. The Balaban J connectivity index is 1.98. The van der Waals surface area contributed by atoms with Crippen molar-refractivity contribution in [3.05, 3.63) is 70.2 Å². The Kier molecular flexibility index (Phi) is 6.67. The van der Waals surface area contributed by atoms with Crippen LogP contribution in [0.15, 0.2) is 48.5 Å². The summed E-state index contributed by atoms with van der Waals surface area (Å²) < 4.78 is 39.3. The van der Waals surface area contributed by atoms with Crippen molar-refractivity contribution < 1.29 is 18.0 Å². The van der Waals surface area contributed by atoms with Crippen molar-refractivity contribution >= 4 is 17.5 Å². The molecule has 0 fully saturated rings. The van der Waals surface area contributed by atoms with Crippen LogP contribution in [0, 0.1) is 0 Å². The molecule has 3 nitrogen and oxygen atoms in total. The molecule has 0 heterocycles. The van der Waals surface area contributed by atoms with Crippen molar-refractivity contribution in [2.24, 2.45) is 0 Å². The van der Waals surface area contributed by atoms with Gasteiger partial charge in [0.2, 0.25) is 0 Å². The summed E-state index contributed by atoms with van der Waals surface area (Å²) in [6.45, 7) is 0.527. The van der Waals surface area contributed by atoms with Crippen LogP contribution in [0.3, 0.4) is 0 Å². The van der Waals surface area contributed by atoms with Crippen molar-refractivity contribution in [1.29, 1.82) is 0 Å². The molecule has 2 aromatic carbocycles. The highest BCUT2D eigenvalue weighted by Crippen LogP contribution is 2.32. The van der Waals surface area contributed by atoms with Crippen LogP contribution in [0.1, 0.15) is 27.9 Å². The first-order chi connectivity index (χ1) is 12.2. The molecule has 0 saturated heterocycles. The molecule has 0 aromatic heterocycles. The number of hydrogen-bond acceptors (Lipinski definition) is 2. The summed E-state index contributed by atoms with van der Waals surface area (Å²) in [5.74, 6) is -0.688. The molecule has 0 unspecified atom stereocenters. The average molecular weight is 385 g/mol. The third-order valence-corrected chi connectivity index (χ3v) is 4.38. The van der Waals surface area contributed by atoms with E-state index in [0.29, 0.717) is 11.6 Å². The van der Waals surface area contributed by atoms with E-state index in [1.165, 1.54) is 30.3 Å². The van der Waals surface area contributed by atoms with Gasteiger partial charge in [0.25, 0.3) is 5.91 Å². The maximum absolute atomic E-state index is 13.1. The molecule has 140 valence electrons. The average Bonchev–Trinajstić information content (AvgIpc) is 2.61. The van der Waals surface area contributed by atoms with E-state index in [-0.39, 0.29) is 5.56 Å². The number of alkyl halides is 3. The zero-order valence-corrected chi connectivity index (χ0v) is 15.3. The van der Waals surface area contributed by atoms with E-state index < -0.39 is 17.6 Å². The standard InChI is InChI=1S/C19H20ClF3N2O/c1-24(13-5-6-14-9-11-15(20)12-10-14)25(2)18(26)16-7-3-4-8-17(16)19(21,22)23/h3-4,7-12H,5-6,13H2,1-2H3. The number of hydrogen-bond donors (Lipinski definition) is 0. The van der Waals surface area contributed by atoms with Gasteiger partial charge in [-0.1, -0.05) is 35.9 Å². The minimum absolute atomic E-state index is 0.355. The molecular weight excluding hydrogens is 365 g/mol. The second-order valence-corrected chi connectivity index (χ2v) is 6.42. The fourth-order valence-electron chi connectivity index (χ4n) is 2.56. The second kappa shape index (κ2) is 8.56. The quantitative estimate of drug-likeness (QED) is 0.661. The summed E-state index contributed by atoms with van der Waals surface area (Å²) >= 11 is 5.84. The molecule has 2 rings (SSSR count). The Morgan fingerprint density at radius 3 is 2.27 bits per heavy atom. The third kappa shape index (κ3) is 5.22. The van der Waals surface area contributed by atoms with E-state index >= 15 is 0 Å². The Morgan fingerprint density at radius 1 is 1.04 bits per heavy atom. The normalized spacial score (nSPS) is 11.7. The minimum atomic E-state index is -4.57. The van der Waals surface area contributed by atoms with Gasteiger partial charge in [0.05, 0.1) is 11.1 Å². The minimum Gasteiger partial charge on any atom is -0.275 e. The topological polar surface area (TPSA) is 23.6 Å². The molecule has 2 aromatic rings. The van der Waals surface area contributed by atoms with Crippen LogP contribution in [0.25, 0.3) is 0 Å². The van der Waals surface area contributed by atoms with Gasteiger partial charge in [-0.15, -0.1) is 0 Å². The van der Waals surface area contributed by atoms with Crippen molar-refractivity contribution in [3.63, 3.8) is 0 Å². The Bertz CT molecular complexity index is 747. The lowest BCUT2D eigenvalue weighted by atomic mass is 10.1. The predicted molar refractivity (Wildman–Crippen MR) is 95.9 cm³/mol. The third-order valence-electron chi connectivity index (χ3n) is 4.13. The van der Waals surface area contributed by atoms with Gasteiger partial charge in [0.15, 0.2) is 0 Å². The molecular formula is C19H20ClF3N2O. The monoisotopic (exact) mass is 384 g/mol. The van der Waals surface area contributed by atoms with E-state index in [1.807, 2.05) is 24.3 Å². The van der Waals surface area contributed by atoms with Crippen LogP contribution in [0.2, 0.25) is 5.02 Å². The SMILES string of the molecule is CN(CCCc1ccc(Cl)cc1)N(C)C(=O)c1ccccc1C(F)(F)F. The number of hydrazine groups is 1. The van der Waals surface area contributed by atoms with Crippen LogP contribution in [0.5, 0.6) is 0 Å². The number of carbonyl (C=O) groups excluding carboxylic acids is 1. The van der Waals surface area contributed by atoms with Crippen molar-refractivity contribution in [2.75, 3.05) is 20.6 Å². The van der Waals surface area contributed by atoms with Crippen molar-refractivity contribution in [1.82, 2.24) is 10.0 Å². The lowest BCUT2D eigenvalue weighted by molar-refractivity contribution is -0.138. The molecule has 0 aliphatic heterocycles. The fraction of sp³-hybridized carbons (Fsp3) is 0.316. The molecule has 0 N–H and O–H groups in total. The largest absolute Gasteiger partial charge is 0.417 e. The number of halogens is 4. The molecule has 0 saturated carbocycles. The second-order valence-electron chi connectivity index (χ2n) is 5.98. The maximum atomic E-state index is 13.1. The van der Waals surface area contributed by atoms with Crippen LogP contribution in [0.4, 0.5) is 13.2 Å². The zero-order chi connectivity index (χ0) is 19.3. The van der Waals surface area contributed by atoms with Gasteiger partial charge in [0, 0.05) is 25.7 Å². The summed E-state index contributed by atoms with van der Waals surface area (Å²) in [6.07, 6.45) is -3.04. The highest BCUT2D eigenvalue weighted by Gasteiger charge is 2.35. The van der Waals surface area contributed by atoms with Gasteiger partial charge in [-0.25, -0.2) is 5.01 Å².